The maximum atomic E-state index is 5.79. The van der Waals surface area contributed by atoms with Gasteiger partial charge in [-0.15, -0.1) is 0 Å². The van der Waals surface area contributed by atoms with Crippen LogP contribution in [0.5, 0.6) is 0 Å². The highest BCUT2D eigenvalue weighted by Gasteiger charge is 2.31. The summed E-state index contributed by atoms with van der Waals surface area (Å²) in [5.41, 5.74) is 4.11. The molecule has 0 fully saturated rings. The lowest BCUT2D eigenvalue weighted by molar-refractivity contribution is -0.0300. The zero-order valence-corrected chi connectivity index (χ0v) is 10.9. The average Bonchev–Trinajstić information content (AvgIpc) is 2.47. The molecule has 0 spiro atoms. The van der Waals surface area contributed by atoms with Crippen LogP contribution in [0.3, 0.4) is 0 Å². The van der Waals surface area contributed by atoms with Crippen molar-refractivity contribution in [3.8, 4) is 0 Å². The Morgan fingerprint density at radius 2 is 2.19 bits per heavy atom. The molecule has 0 aliphatic heterocycles. The Labute approximate surface area is 99.4 Å². The summed E-state index contributed by atoms with van der Waals surface area (Å²) in [5, 5.41) is 0. The molecule has 0 saturated carbocycles. The first-order valence-electron chi connectivity index (χ1n) is 6.41. The summed E-state index contributed by atoms with van der Waals surface area (Å²) in [7, 11) is 0. The summed E-state index contributed by atoms with van der Waals surface area (Å²) in [6.07, 6.45) is 8.56. The zero-order valence-electron chi connectivity index (χ0n) is 10.9. The lowest BCUT2D eigenvalue weighted by atomic mass is 9.89. The van der Waals surface area contributed by atoms with Crippen LogP contribution in [0.4, 0.5) is 0 Å². The van der Waals surface area contributed by atoms with E-state index >= 15 is 0 Å². The van der Waals surface area contributed by atoms with Gasteiger partial charge in [0.2, 0.25) is 0 Å². The molecule has 3 N–H and O–H groups in total. The highest BCUT2D eigenvalue weighted by atomic mass is 16.5. The molecule has 1 atom stereocenters. The fraction of sp³-hybridized carbons (Fsp3) is 0.846. The van der Waals surface area contributed by atoms with Gasteiger partial charge in [-0.2, -0.15) is 0 Å². The van der Waals surface area contributed by atoms with E-state index in [9.17, 15) is 0 Å². The molecule has 0 saturated heterocycles. The third-order valence-electron chi connectivity index (χ3n) is 3.33. The smallest absolute Gasteiger partial charge is 0.0829 e. The van der Waals surface area contributed by atoms with Gasteiger partial charge in [0, 0.05) is 6.61 Å². The van der Waals surface area contributed by atoms with Gasteiger partial charge >= 0.3 is 0 Å². The van der Waals surface area contributed by atoms with Crippen LogP contribution >= 0.6 is 0 Å². The molecule has 0 aromatic heterocycles. The maximum absolute atomic E-state index is 5.79. The fourth-order valence-corrected chi connectivity index (χ4v) is 2.51. The molecule has 1 rings (SSSR count). The Morgan fingerprint density at radius 1 is 1.44 bits per heavy atom. The van der Waals surface area contributed by atoms with Crippen LogP contribution in [0.1, 0.15) is 52.9 Å². The highest BCUT2D eigenvalue weighted by molar-refractivity contribution is 5.16. The third kappa shape index (κ3) is 3.58. The third-order valence-corrected chi connectivity index (χ3v) is 3.33. The topological polar surface area (TPSA) is 47.3 Å². The molecule has 0 heterocycles. The van der Waals surface area contributed by atoms with E-state index in [1.165, 1.54) is 31.3 Å². The number of rotatable bonds is 5. The van der Waals surface area contributed by atoms with Crippen molar-refractivity contribution in [3.05, 3.63) is 11.6 Å². The molecular weight excluding hydrogens is 200 g/mol. The minimum atomic E-state index is -0.236. The van der Waals surface area contributed by atoms with Crippen molar-refractivity contribution in [2.75, 3.05) is 6.61 Å². The lowest BCUT2D eigenvalue weighted by Crippen LogP contribution is -2.52. The molecule has 0 aromatic carbocycles. The van der Waals surface area contributed by atoms with E-state index in [1.807, 2.05) is 6.92 Å². The van der Waals surface area contributed by atoms with E-state index in [4.69, 9.17) is 10.6 Å². The summed E-state index contributed by atoms with van der Waals surface area (Å²) < 4.78 is 5.79. The highest BCUT2D eigenvalue weighted by Crippen LogP contribution is 2.27. The monoisotopic (exact) mass is 226 g/mol. The Hall–Kier alpha value is -0.380. The number of nitrogens with one attached hydrogen (secondary N) is 1. The van der Waals surface area contributed by atoms with Gasteiger partial charge in [0.25, 0.3) is 0 Å². The second-order valence-corrected chi connectivity index (χ2v) is 5.01. The van der Waals surface area contributed by atoms with Crippen molar-refractivity contribution in [2.24, 2.45) is 5.84 Å². The average molecular weight is 226 g/mol. The predicted molar refractivity (Wildman–Crippen MR) is 68.0 cm³/mol. The predicted octanol–water partition coefficient (Wildman–Crippen LogP) is 2.52. The zero-order chi connectivity index (χ0) is 12.0. The van der Waals surface area contributed by atoms with Gasteiger partial charge in [0.05, 0.1) is 11.6 Å². The van der Waals surface area contributed by atoms with Crippen molar-refractivity contribution in [1.82, 2.24) is 5.43 Å². The van der Waals surface area contributed by atoms with E-state index in [0.29, 0.717) is 0 Å². The summed E-state index contributed by atoms with van der Waals surface area (Å²) in [4.78, 5) is 0. The molecule has 1 unspecified atom stereocenters. The Kier molecular flexibility index (Phi) is 5.46. The molecule has 0 amide bonds. The van der Waals surface area contributed by atoms with Gasteiger partial charge in [-0.25, -0.2) is 0 Å². The molecule has 1 aliphatic rings. The van der Waals surface area contributed by atoms with E-state index in [1.54, 1.807) is 0 Å². The number of hydrazine groups is 1. The Morgan fingerprint density at radius 3 is 2.81 bits per heavy atom. The largest absolute Gasteiger partial charge is 0.374 e. The van der Waals surface area contributed by atoms with Gasteiger partial charge in [-0.3, -0.25) is 11.3 Å². The summed E-state index contributed by atoms with van der Waals surface area (Å²) in [6.45, 7) is 6.95. The van der Waals surface area contributed by atoms with Crippen LogP contribution in [0.2, 0.25) is 0 Å². The van der Waals surface area contributed by atoms with Crippen LogP contribution in [0.25, 0.3) is 0 Å². The van der Waals surface area contributed by atoms with Crippen molar-refractivity contribution in [2.45, 2.75) is 64.5 Å². The van der Waals surface area contributed by atoms with Crippen molar-refractivity contribution in [1.29, 1.82) is 0 Å². The van der Waals surface area contributed by atoms with Gasteiger partial charge in [-0.05, 0) is 46.5 Å². The van der Waals surface area contributed by atoms with Crippen LogP contribution in [0, 0.1) is 0 Å². The molecular formula is C13H26N2O. The normalized spacial score (nSPS) is 20.1. The van der Waals surface area contributed by atoms with Gasteiger partial charge in [0.15, 0.2) is 0 Å². The second-order valence-electron chi connectivity index (χ2n) is 5.01. The van der Waals surface area contributed by atoms with E-state index in [0.717, 1.165) is 13.0 Å². The molecule has 3 nitrogen and oxygen atoms in total. The van der Waals surface area contributed by atoms with Gasteiger partial charge < -0.3 is 4.74 Å². The SMILES string of the molecule is CCOC(C)(C)C(NN)C1=CCCCCC1. The standard InChI is InChI=1S/C13H26N2O/c1-4-16-13(2,3)12(15-14)11-9-7-5-6-8-10-11/h9,12,15H,4-8,10,14H2,1-3H3. The number of hydrogen-bond acceptors (Lipinski definition) is 3. The summed E-state index contributed by atoms with van der Waals surface area (Å²) in [6, 6.07) is 0.130. The van der Waals surface area contributed by atoms with Crippen LogP contribution in [0.15, 0.2) is 11.6 Å². The number of hydrogen-bond donors (Lipinski definition) is 2. The second kappa shape index (κ2) is 6.38. The minimum absolute atomic E-state index is 0.130. The Bertz CT molecular complexity index is 236. The van der Waals surface area contributed by atoms with E-state index < -0.39 is 0 Å². The molecule has 0 bridgehead atoms. The quantitative estimate of drug-likeness (QED) is 0.430. The molecule has 3 heteroatoms. The number of ether oxygens (including phenoxy) is 1. The fourth-order valence-electron chi connectivity index (χ4n) is 2.51. The summed E-state index contributed by atoms with van der Waals surface area (Å²) >= 11 is 0. The van der Waals surface area contributed by atoms with Gasteiger partial charge in [-0.1, -0.05) is 18.1 Å². The molecule has 0 radical (unpaired) electrons. The van der Waals surface area contributed by atoms with E-state index in [2.05, 4.69) is 25.3 Å². The molecule has 1 aliphatic carbocycles. The van der Waals surface area contributed by atoms with Crippen LogP contribution in [-0.2, 0) is 4.74 Å². The van der Waals surface area contributed by atoms with Crippen LogP contribution in [-0.4, -0.2) is 18.2 Å². The Balaban J connectivity index is 2.75. The van der Waals surface area contributed by atoms with Crippen molar-refractivity contribution in [3.63, 3.8) is 0 Å². The maximum Gasteiger partial charge on any atom is 0.0829 e. The first kappa shape index (κ1) is 13.7. The van der Waals surface area contributed by atoms with E-state index in [-0.39, 0.29) is 11.6 Å². The molecule has 94 valence electrons. The van der Waals surface area contributed by atoms with Crippen molar-refractivity contribution < 1.29 is 4.74 Å². The number of nitrogens with two attached hydrogens (primary N) is 1. The van der Waals surface area contributed by atoms with Crippen LogP contribution < -0.4 is 11.3 Å². The van der Waals surface area contributed by atoms with Crippen molar-refractivity contribution >= 4 is 0 Å². The first-order chi connectivity index (χ1) is 7.61. The van der Waals surface area contributed by atoms with Gasteiger partial charge in [0.1, 0.15) is 0 Å². The molecule has 0 aromatic rings. The summed E-state index contributed by atoms with van der Waals surface area (Å²) in [5.74, 6) is 5.70. The minimum Gasteiger partial charge on any atom is -0.374 e. The lowest BCUT2D eigenvalue weighted by Gasteiger charge is -2.35. The molecule has 16 heavy (non-hydrogen) atoms. The number of allylic oxidation sites excluding steroid dienone is 1. The first-order valence-corrected chi connectivity index (χ1v) is 6.41.